The van der Waals surface area contributed by atoms with Gasteiger partial charge < -0.3 is 0 Å². The predicted octanol–water partition coefficient (Wildman–Crippen LogP) is 4.39. The van der Waals surface area contributed by atoms with E-state index in [1.54, 1.807) is 12.1 Å². The van der Waals surface area contributed by atoms with E-state index in [-0.39, 0.29) is 23.1 Å². The minimum Gasteiger partial charge on any atom is -0.299 e. The number of halogens is 2. The van der Waals surface area contributed by atoms with Crippen molar-refractivity contribution in [2.75, 3.05) is 0 Å². The molecule has 0 saturated carbocycles. The third kappa shape index (κ3) is 3.21. The summed E-state index contributed by atoms with van der Waals surface area (Å²) in [5.74, 6) is -0.682. The monoisotopic (exact) mass is 276 g/mol. The van der Waals surface area contributed by atoms with Crippen LogP contribution in [0, 0.1) is 5.82 Å². The molecule has 0 heterocycles. The molecule has 0 N–H and O–H groups in total. The topological polar surface area (TPSA) is 17.1 Å². The van der Waals surface area contributed by atoms with E-state index in [4.69, 9.17) is 11.6 Å². The zero-order chi connectivity index (χ0) is 13.8. The summed E-state index contributed by atoms with van der Waals surface area (Å²) in [5.41, 5.74) is 1.49. The molecule has 0 amide bonds. The van der Waals surface area contributed by atoms with Crippen molar-refractivity contribution in [3.8, 4) is 0 Å². The van der Waals surface area contributed by atoms with Crippen LogP contribution in [0.5, 0.6) is 0 Å². The van der Waals surface area contributed by atoms with Crippen LogP contribution < -0.4 is 0 Å². The van der Waals surface area contributed by atoms with Crippen LogP contribution in [-0.4, -0.2) is 5.78 Å². The second-order valence-electron chi connectivity index (χ2n) is 4.49. The lowest BCUT2D eigenvalue weighted by Gasteiger charge is -2.11. The maximum Gasteiger partial charge on any atom is 0.144 e. The van der Waals surface area contributed by atoms with Gasteiger partial charge in [-0.1, -0.05) is 61.0 Å². The first-order chi connectivity index (χ1) is 9.09. The molecule has 0 aliphatic carbocycles. The first-order valence-electron chi connectivity index (χ1n) is 6.10. The standard InChI is InChI=1S/C16H14ClFO/c1-11(12-6-3-2-4-7-12)15(19)10-13-8-5-9-14(18)16(13)17/h2-9,11H,10H2,1H3. The summed E-state index contributed by atoms with van der Waals surface area (Å²) in [4.78, 5) is 12.2. The Morgan fingerprint density at radius 1 is 1.16 bits per heavy atom. The second-order valence-corrected chi connectivity index (χ2v) is 4.87. The number of carbonyl (C=O) groups is 1. The fraction of sp³-hybridized carbons (Fsp3) is 0.188. The molecule has 1 nitrogen and oxygen atoms in total. The molecule has 98 valence electrons. The molecule has 0 spiro atoms. The Morgan fingerprint density at radius 2 is 1.84 bits per heavy atom. The van der Waals surface area contributed by atoms with Gasteiger partial charge in [0.05, 0.1) is 5.02 Å². The molecule has 1 unspecified atom stereocenters. The molecular formula is C16H14ClFO. The Morgan fingerprint density at radius 3 is 2.53 bits per heavy atom. The maximum atomic E-state index is 13.3. The first kappa shape index (κ1) is 13.8. The van der Waals surface area contributed by atoms with E-state index in [0.717, 1.165) is 5.56 Å². The van der Waals surface area contributed by atoms with Crippen molar-refractivity contribution >= 4 is 17.4 Å². The molecule has 2 aromatic rings. The summed E-state index contributed by atoms with van der Waals surface area (Å²) in [5, 5.41) is 0.0381. The molecule has 1 atom stereocenters. The highest BCUT2D eigenvalue weighted by Crippen LogP contribution is 2.23. The Bertz CT molecular complexity index is 581. The third-order valence-corrected chi connectivity index (χ3v) is 3.60. The van der Waals surface area contributed by atoms with Crippen LogP contribution >= 0.6 is 11.6 Å². The Kier molecular flexibility index (Phi) is 4.33. The van der Waals surface area contributed by atoms with E-state index in [2.05, 4.69) is 0 Å². The summed E-state index contributed by atoms with van der Waals surface area (Å²) in [7, 11) is 0. The molecule has 0 radical (unpaired) electrons. The van der Waals surface area contributed by atoms with Crippen molar-refractivity contribution in [3.05, 3.63) is 70.5 Å². The van der Waals surface area contributed by atoms with Crippen LogP contribution in [-0.2, 0) is 11.2 Å². The van der Waals surface area contributed by atoms with Gasteiger partial charge in [0.15, 0.2) is 0 Å². The highest BCUT2D eigenvalue weighted by molar-refractivity contribution is 6.31. The first-order valence-corrected chi connectivity index (χ1v) is 6.48. The maximum absolute atomic E-state index is 13.3. The number of hydrogen-bond acceptors (Lipinski definition) is 1. The number of ketones is 1. The SMILES string of the molecule is CC(C(=O)Cc1cccc(F)c1Cl)c1ccccc1. The number of rotatable bonds is 4. The number of Topliss-reactive ketones (excluding diaryl/α,β-unsaturated/α-hetero) is 1. The molecule has 0 aliphatic heterocycles. The molecule has 0 aromatic heterocycles. The van der Waals surface area contributed by atoms with Crippen molar-refractivity contribution in [2.24, 2.45) is 0 Å². The van der Waals surface area contributed by atoms with Gasteiger partial charge in [-0.2, -0.15) is 0 Å². The minimum atomic E-state index is -0.487. The minimum absolute atomic E-state index is 0.0266. The average Bonchev–Trinajstić information content (AvgIpc) is 2.44. The smallest absolute Gasteiger partial charge is 0.144 e. The fourth-order valence-corrected chi connectivity index (χ4v) is 2.15. The number of benzene rings is 2. The Balaban J connectivity index is 2.15. The van der Waals surface area contributed by atoms with Gasteiger partial charge in [-0.25, -0.2) is 4.39 Å². The molecule has 2 rings (SSSR count). The van der Waals surface area contributed by atoms with Gasteiger partial charge in [0.1, 0.15) is 11.6 Å². The van der Waals surface area contributed by atoms with Crippen molar-refractivity contribution in [2.45, 2.75) is 19.3 Å². The van der Waals surface area contributed by atoms with E-state index in [9.17, 15) is 9.18 Å². The van der Waals surface area contributed by atoms with E-state index < -0.39 is 5.82 Å². The quantitative estimate of drug-likeness (QED) is 0.809. The molecule has 0 aliphatic rings. The van der Waals surface area contributed by atoms with E-state index in [1.165, 1.54) is 6.07 Å². The van der Waals surface area contributed by atoms with Gasteiger partial charge in [-0.15, -0.1) is 0 Å². The number of hydrogen-bond donors (Lipinski definition) is 0. The van der Waals surface area contributed by atoms with E-state index >= 15 is 0 Å². The van der Waals surface area contributed by atoms with Crippen LogP contribution in [0.2, 0.25) is 5.02 Å². The zero-order valence-electron chi connectivity index (χ0n) is 10.6. The zero-order valence-corrected chi connectivity index (χ0v) is 11.3. The molecule has 2 aromatic carbocycles. The summed E-state index contributed by atoms with van der Waals surface area (Å²) in [6.45, 7) is 1.85. The highest BCUT2D eigenvalue weighted by atomic mass is 35.5. The normalized spacial score (nSPS) is 12.2. The summed E-state index contributed by atoms with van der Waals surface area (Å²) >= 11 is 5.86. The van der Waals surface area contributed by atoms with Gasteiger partial charge in [0.2, 0.25) is 0 Å². The fourth-order valence-electron chi connectivity index (χ4n) is 1.95. The molecular weight excluding hydrogens is 263 g/mol. The molecule has 0 fully saturated rings. The third-order valence-electron chi connectivity index (χ3n) is 3.18. The van der Waals surface area contributed by atoms with Gasteiger partial charge in [-0.3, -0.25) is 4.79 Å². The Hall–Kier alpha value is -1.67. The van der Waals surface area contributed by atoms with Gasteiger partial charge in [-0.05, 0) is 17.2 Å². The van der Waals surface area contributed by atoms with Gasteiger partial charge in [0, 0.05) is 12.3 Å². The lowest BCUT2D eigenvalue weighted by molar-refractivity contribution is -0.119. The van der Waals surface area contributed by atoms with Crippen LogP contribution in [0.15, 0.2) is 48.5 Å². The summed E-state index contributed by atoms with van der Waals surface area (Å²) in [6.07, 6.45) is 0.145. The molecule has 19 heavy (non-hydrogen) atoms. The second kappa shape index (κ2) is 5.98. The summed E-state index contributed by atoms with van der Waals surface area (Å²) < 4.78 is 13.3. The largest absolute Gasteiger partial charge is 0.299 e. The van der Waals surface area contributed by atoms with Crippen molar-refractivity contribution in [1.82, 2.24) is 0 Å². The molecule has 0 saturated heterocycles. The van der Waals surface area contributed by atoms with Crippen LogP contribution in [0.1, 0.15) is 24.0 Å². The lowest BCUT2D eigenvalue weighted by atomic mass is 9.93. The average molecular weight is 277 g/mol. The molecule has 3 heteroatoms. The predicted molar refractivity (Wildman–Crippen MR) is 75.0 cm³/mol. The number of carbonyl (C=O) groups excluding carboxylic acids is 1. The Labute approximate surface area is 117 Å². The summed E-state index contributed by atoms with van der Waals surface area (Å²) in [6, 6.07) is 14.1. The van der Waals surface area contributed by atoms with Crippen molar-refractivity contribution in [3.63, 3.8) is 0 Å². The van der Waals surface area contributed by atoms with Gasteiger partial charge >= 0.3 is 0 Å². The van der Waals surface area contributed by atoms with Crippen molar-refractivity contribution < 1.29 is 9.18 Å². The van der Waals surface area contributed by atoms with Crippen molar-refractivity contribution in [1.29, 1.82) is 0 Å². The van der Waals surface area contributed by atoms with Gasteiger partial charge in [0.25, 0.3) is 0 Å². The lowest BCUT2D eigenvalue weighted by Crippen LogP contribution is -2.12. The van der Waals surface area contributed by atoms with Crippen LogP contribution in [0.3, 0.4) is 0 Å². The van der Waals surface area contributed by atoms with E-state index in [1.807, 2.05) is 37.3 Å². The highest BCUT2D eigenvalue weighted by Gasteiger charge is 2.17. The van der Waals surface area contributed by atoms with Crippen LogP contribution in [0.4, 0.5) is 4.39 Å². The van der Waals surface area contributed by atoms with Crippen LogP contribution in [0.25, 0.3) is 0 Å². The van der Waals surface area contributed by atoms with E-state index in [0.29, 0.717) is 5.56 Å². The molecule has 0 bridgehead atoms.